The Morgan fingerprint density at radius 3 is 2.76 bits per heavy atom. The Balaban J connectivity index is 2.54. The molecule has 0 unspecified atom stereocenters. The van der Waals surface area contributed by atoms with E-state index in [1.165, 1.54) is 0 Å². The molecule has 0 aromatic heterocycles. The minimum atomic E-state index is -1.01. The zero-order valence-corrected chi connectivity index (χ0v) is 10.8. The second-order valence-corrected chi connectivity index (χ2v) is 4.49. The minimum absolute atomic E-state index is 0.129. The number of carbonyl (C=O) groups is 1. The van der Waals surface area contributed by atoms with E-state index in [-0.39, 0.29) is 10.6 Å². The van der Waals surface area contributed by atoms with Crippen LogP contribution in [0.3, 0.4) is 0 Å². The smallest absolute Gasteiger partial charge is 0.337 e. The van der Waals surface area contributed by atoms with Crippen molar-refractivity contribution in [2.45, 2.75) is 6.42 Å². The molecular formula is C12H17ClN2O2. The fraction of sp³-hybridized carbons (Fsp3) is 0.417. The average Bonchev–Trinajstić information content (AvgIpc) is 2.25. The van der Waals surface area contributed by atoms with Crippen LogP contribution in [0.1, 0.15) is 16.8 Å². The predicted molar refractivity (Wildman–Crippen MR) is 70.1 cm³/mol. The van der Waals surface area contributed by atoms with Crippen LogP contribution in [0.2, 0.25) is 5.02 Å². The van der Waals surface area contributed by atoms with Crippen molar-refractivity contribution in [3.63, 3.8) is 0 Å². The molecule has 0 atom stereocenters. The first kappa shape index (κ1) is 13.8. The summed E-state index contributed by atoms with van der Waals surface area (Å²) < 4.78 is 0. The van der Waals surface area contributed by atoms with Gasteiger partial charge in [0.2, 0.25) is 0 Å². The van der Waals surface area contributed by atoms with Gasteiger partial charge in [0.25, 0.3) is 0 Å². The van der Waals surface area contributed by atoms with Crippen molar-refractivity contribution in [1.29, 1.82) is 0 Å². The van der Waals surface area contributed by atoms with Crippen LogP contribution in [0.5, 0.6) is 0 Å². The predicted octanol–water partition coefficient (Wildman–Crippen LogP) is 2.40. The molecule has 0 saturated heterocycles. The fourth-order valence-electron chi connectivity index (χ4n) is 1.43. The van der Waals surface area contributed by atoms with Crippen molar-refractivity contribution in [1.82, 2.24) is 4.90 Å². The summed E-state index contributed by atoms with van der Waals surface area (Å²) >= 11 is 5.78. The van der Waals surface area contributed by atoms with Gasteiger partial charge in [0.15, 0.2) is 0 Å². The van der Waals surface area contributed by atoms with Gasteiger partial charge >= 0.3 is 5.97 Å². The van der Waals surface area contributed by atoms with Crippen LogP contribution in [0.4, 0.5) is 5.69 Å². The first-order chi connectivity index (χ1) is 8.00. The average molecular weight is 257 g/mol. The lowest BCUT2D eigenvalue weighted by Crippen LogP contribution is -2.16. The summed E-state index contributed by atoms with van der Waals surface area (Å²) in [6, 6.07) is 4.93. The van der Waals surface area contributed by atoms with Crippen LogP contribution in [0.25, 0.3) is 0 Å². The zero-order chi connectivity index (χ0) is 12.8. The molecule has 17 heavy (non-hydrogen) atoms. The van der Waals surface area contributed by atoms with Crippen molar-refractivity contribution in [3.05, 3.63) is 28.8 Å². The van der Waals surface area contributed by atoms with Gasteiger partial charge in [-0.3, -0.25) is 0 Å². The van der Waals surface area contributed by atoms with E-state index in [1.807, 2.05) is 14.1 Å². The molecule has 0 aliphatic heterocycles. The molecule has 94 valence electrons. The Bertz CT molecular complexity index is 394. The van der Waals surface area contributed by atoms with Gasteiger partial charge in [-0.1, -0.05) is 11.6 Å². The molecular weight excluding hydrogens is 240 g/mol. The lowest BCUT2D eigenvalue weighted by molar-refractivity contribution is 0.0697. The molecule has 0 heterocycles. The molecule has 0 aliphatic rings. The molecule has 4 nitrogen and oxygen atoms in total. The van der Waals surface area contributed by atoms with Gasteiger partial charge in [-0.05, 0) is 45.3 Å². The van der Waals surface area contributed by atoms with Crippen LogP contribution >= 0.6 is 11.6 Å². The van der Waals surface area contributed by atoms with Crippen molar-refractivity contribution in [2.75, 3.05) is 32.5 Å². The molecule has 1 aromatic carbocycles. The van der Waals surface area contributed by atoms with Crippen LogP contribution in [0, 0.1) is 0 Å². The molecule has 0 saturated carbocycles. The number of hydrogen-bond donors (Lipinski definition) is 2. The Kier molecular flexibility index (Phi) is 5.25. The molecule has 1 rings (SSSR count). The lowest BCUT2D eigenvalue weighted by Gasteiger charge is -2.11. The quantitative estimate of drug-likeness (QED) is 0.768. The van der Waals surface area contributed by atoms with Crippen molar-refractivity contribution >= 4 is 23.3 Å². The van der Waals surface area contributed by atoms with Crippen molar-refractivity contribution in [2.24, 2.45) is 0 Å². The summed E-state index contributed by atoms with van der Waals surface area (Å²) in [6.07, 6.45) is 0.998. The third-order valence-corrected chi connectivity index (χ3v) is 2.64. The van der Waals surface area contributed by atoms with E-state index in [1.54, 1.807) is 18.2 Å². The molecule has 0 radical (unpaired) electrons. The number of carboxylic acids is 1. The molecule has 0 spiro atoms. The number of hydrogen-bond acceptors (Lipinski definition) is 3. The highest BCUT2D eigenvalue weighted by molar-refractivity contribution is 6.33. The summed E-state index contributed by atoms with van der Waals surface area (Å²) in [6.45, 7) is 1.80. The van der Waals surface area contributed by atoms with Gasteiger partial charge in [-0.25, -0.2) is 4.79 Å². The second kappa shape index (κ2) is 6.47. The first-order valence-corrected chi connectivity index (χ1v) is 5.80. The summed E-state index contributed by atoms with van der Waals surface area (Å²) in [5, 5.41) is 12.3. The largest absolute Gasteiger partial charge is 0.478 e. The van der Waals surface area contributed by atoms with Crippen molar-refractivity contribution < 1.29 is 9.90 Å². The molecule has 0 bridgehead atoms. The Hall–Kier alpha value is -1.26. The molecule has 1 aromatic rings. The summed E-state index contributed by atoms with van der Waals surface area (Å²) in [5.74, 6) is -1.01. The molecule has 0 amide bonds. The third-order valence-electron chi connectivity index (χ3n) is 2.31. The van der Waals surface area contributed by atoms with Crippen LogP contribution in [-0.2, 0) is 0 Å². The maximum Gasteiger partial charge on any atom is 0.337 e. The highest BCUT2D eigenvalue weighted by Gasteiger charge is 2.08. The summed E-state index contributed by atoms with van der Waals surface area (Å²) in [4.78, 5) is 13.0. The maximum atomic E-state index is 10.9. The van der Waals surface area contributed by atoms with Gasteiger partial charge < -0.3 is 15.3 Å². The van der Waals surface area contributed by atoms with E-state index < -0.39 is 5.97 Å². The summed E-state index contributed by atoms with van der Waals surface area (Å²) in [5.41, 5.74) is 0.912. The fourth-order valence-corrected chi connectivity index (χ4v) is 1.63. The summed E-state index contributed by atoms with van der Waals surface area (Å²) in [7, 11) is 4.04. The highest BCUT2D eigenvalue weighted by atomic mass is 35.5. The van der Waals surface area contributed by atoms with Gasteiger partial charge in [-0.15, -0.1) is 0 Å². The normalized spacial score (nSPS) is 10.6. The topological polar surface area (TPSA) is 52.6 Å². The van der Waals surface area contributed by atoms with E-state index in [9.17, 15) is 4.79 Å². The Morgan fingerprint density at radius 1 is 1.47 bits per heavy atom. The van der Waals surface area contributed by atoms with E-state index in [0.29, 0.717) is 0 Å². The molecule has 2 N–H and O–H groups in total. The first-order valence-electron chi connectivity index (χ1n) is 5.42. The number of nitrogens with one attached hydrogen (secondary N) is 1. The number of benzene rings is 1. The second-order valence-electron chi connectivity index (χ2n) is 4.08. The van der Waals surface area contributed by atoms with E-state index in [4.69, 9.17) is 16.7 Å². The van der Waals surface area contributed by atoms with Crippen LogP contribution in [0.15, 0.2) is 18.2 Å². The van der Waals surface area contributed by atoms with Crippen LogP contribution in [-0.4, -0.2) is 43.2 Å². The number of carboxylic acid groups (broad SMARTS) is 1. The third kappa shape index (κ3) is 4.63. The SMILES string of the molecule is CN(C)CCCNc1ccc(Cl)c(C(=O)O)c1. The molecule has 5 heteroatoms. The number of aromatic carboxylic acids is 1. The van der Waals surface area contributed by atoms with Crippen LogP contribution < -0.4 is 5.32 Å². The van der Waals surface area contributed by atoms with E-state index in [2.05, 4.69) is 10.2 Å². The zero-order valence-electron chi connectivity index (χ0n) is 10.0. The van der Waals surface area contributed by atoms with E-state index >= 15 is 0 Å². The number of halogens is 1. The van der Waals surface area contributed by atoms with Gasteiger partial charge in [-0.2, -0.15) is 0 Å². The molecule has 0 fully saturated rings. The van der Waals surface area contributed by atoms with Gasteiger partial charge in [0.1, 0.15) is 0 Å². The molecule has 0 aliphatic carbocycles. The number of rotatable bonds is 6. The minimum Gasteiger partial charge on any atom is -0.478 e. The van der Waals surface area contributed by atoms with Gasteiger partial charge in [0.05, 0.1) is 10.6 Å². The van der Waals surface area contributed by atoms with Crippen molar-refractivity contribution in [3.8, 4) is 0 Å². The lowest BCUT2D eigenvalue weighted by atomic mass is 10.2. The Labute approximate surface area is 106 Å². The van der Waals surface area contributed by atoms with Gasteiger partial charge in [0, 0.05) is 12.2 Å². The monoisotopic (exact) mass is 256 g/mol. The Morgan fingerprint density at radius 2 is 2.18 bits per heavy atom. The number of anilines is 1. The highest BCUT2D eigenvalue weighted by Crippen LogP contribution is 2.20. The number of nitrogens with zero attached hydrogens (tertiary/aromatic N) is 1. The van der Waals surface area contributed by atoms with E-state index in [0.717, 1.165) is 25.2 Å². The maximum absolute atomic E-state index is 10.9. The standard InChI is InChI=1S/C12H17ClN2O2/c1-15(2)7-3-6-14-9-4-5-11(13)10(8-9)12(16)17/h4-5,8,14H,3,6-7H2,1-2H3,(H,16,17).